The average Bonchev–Trinajstić information content (AvgIpc) is 3.16. The number of nitrogens with zero attached hydrogens (tertiary/aromatic N) is 4. The molecule has 0 radical (unpaired) electrons. The lowest BCUT2D eigenvalue weighted by atomic mass is 10.2. The highest BCUT2D eigenvalue weighted by Crippen LogP contribution is 2.57. The van der Waals surface area contributed by atoms with E-state index >= 15 is 0 Å². The van der Waals surface area contributed by atoms with E-state index in [0.717, 1.165) is 18.9 Å². The molecule has 1 N–H and O–H groups in total. The van der Waals surface area contributed by atoms with E-state index in [1.54, 1.807) is 6.20 Å². The number of nitrogens with one attached hydrogen (secondary N) is 1. The Morgan fingerprint density at radius 2 is 1.93 bits per heavy atom. The smallest absolute Gasteiger partial charge is 0.277 e. The van der Waals surface area contributed by atoms with E-state index in [1.165, 1.54) is 6.26 Å². The summed E-state index contributed by atoms with van der Waals surface area (Å²) in [6.07, 6.45) is 5.02. The van der Waals surface area contributed by atoms with Gasteiger partial charge in [-0.2, -0.15) is 4.98 Å². The second-order valence-electron chi connectivity index (χ2n) is 8.57. The van der Waals surface area contributed by atoms with Crippen LogP contribution in [0.5, 0.6) is 5.88 Å². The Balaban J connectivity index is 1.45. The largest absolute Gasteiger partial charge is 0.473 e. The summed E-state index contributed by atoms with van der Waals surface area (Å²) in [6, 6.07) is 0. The maximum Gasteiger partial charge on any atom is 0.277 e. The minimum absolute atomic E-state index is 0.0982. The number of aromatic nitrogens is 4. The molecule has 2 atom stereocenters. The van der Waals surface area contributed by atoms with Crippen molar-refractivity contribution >= 4 is 17.4 Å². The van der Waals surface area contributed by atoms with Crippen LogP contribution in [0.25, 0.3) is 5.78 Å². The second kappa shape index (κ2) is 7.09. The minimum atomic E-state index is -0.380. The fourth-order valence-corrected chi connectivity index (χ4v) is 4.01. The van der Waals surface area contributed by atoms with Gasteiger partial charge in [0, 0.05) is 24.2 Å². The van der Waals surface area contributed by atoms with E-state index in [9.17, 15) is 4.79 Å². The van der Waals surface area contributed by atoms with Crippen molar-refractivity contribution in [2.45, 2.75) is 45.6 Å². The number of anilines is 1. The molecule has 1 amide bonds. The van der Waals surface area contributed by atoms with E-state index in [4.69, 9.17) is 18.9 Å². The third-order valence-corrected chi connectivity index (χ3v) is 5.57. The Morgan fingerprint density at radius 3 is 2.60 bits per heavy atom. The fraction of sp³-hybridized carbons (Fsp3) is 0.524. The van der Waals surface area contributed by atoms with Crippen LogP contribution in [0.3, 0.4) is 0 Å². The van der Waals surface area contributed by atoms with Crippen LogP contribution in [-0.4, -0.2) is 44.6 Å². The molecule has 1 aliphatic carbocycles. The molecule has 3 aromatic rings. The molecule has 2 fully saturated rings. The van der Waals surface area contributed by atoms with Crippen molar-refractivity contribution in [2.24, 2.45) is 11.8 Å². The van der Waals surface area contributed by atoms with Crippen LogP contribution >= 0.6 is 0 Å². The van der Waals surface area contributed by atoms with Crippen LogP contribution in [0.1, 0.15) is 61.6 Å². The lowest BCUT2D eigenvalue weighted by Gasteiger charge is -2.13. The number of amides is 1. The fourth-order valence-electron chi connectivity index (χ4n) is 4.01. The van der Waals surface area contributed by atoms with Crippen molar-refractivity contribution in [1.82, 2.24) is 19.4 Å². The summed E-state index contributed by atoms with van der Waals surface area (Å²) < 4.78 is 18.5. The molecule has 9 nitrogen and oxygen atoms in total. The van der Waals surface area contributed by atoms with Crippen LogP contribution in [0.2, 0.25) is 0 Å². The van der Waals surface area contributed by atoms with Gasteiger partial charge in [0.05, 0.1) is 25.0 Å². The molecule has 1 saturated heterocycles. The lowest BCUT2D eigenvalue weighted by Crippen LogP contribution is -2.16. The monoisotopic (exact) mass is 411 g/mol. The first-order valence-electron chi connectivity index (χ1n) is 10.3. The average molecular weight is 411 g/mol. The standard InChI is InChI=1S/C21H25N5O4/c1-10(2)19-23-16(9-29-19)18(27)22-15-6-26-5-14(17-12-7-28-8-13(12)17)24-21(26)25-20(15)30-11(3)4/h5-6,9-13,17H,7-8H2,1-4H3,(H,22,27). The molecule has 1 saturated carbocycles. The maximum atomic E-state index is 12.7. The Kier molecular flexibility index (Phi) is 4.50. The third-order valence-electron chi connectivity index (χ3n) is 5.57. The van der Waals surface area contributed by atoms with Crippen LogP contribution in [0.4, 0.5) is 5.69 Å². The summed E-state index contributed by atoms with van der Waals surface area (Å²) >= 11 is 0. The zero-order valence-electron chi connectivity index (χ0n) is 17.5. The van der Waals surface area contributed by atoms with E-state index in [1.807, 2.05) is 38.3 Å². The summed E-state index contributed by atoms with van der Waals surface area (Å²) in [7, 11) is 0. The molecule has 9 heteroatoms. The molecule has 1 aliphatic heterocycles. The van der Waals surface area contributed by atoms with Gasteiger partial charge in [0.15, 0.2) is 11.6 Å². The third kappa shape index (κ3) is 3.32. The number of imidazole rings is 1. The summed E-state index contributed by atoms with van der Waals surface area (Å²) in [5.41, 5.74) is 1.68. The molecule has 30 heavy (non-hydrogen) atoms. The van der Waals surface area contributed by atoms with Gasteiger partial charge in [0.25, 0.3) is 5.91 Å². The molecule has 2 unspecified atom stereocenters. The van der Waals surface area contributed by atoms with Crippen molar-refractivity contribution in [3.05, 3.63) is 35.9 Å². The highest BCUT2D eigenvalue weighted by atomic mass is 16.5. The molecule has 0 bridgehead atoms. The first kappa shape index (κ1) is 19.0. The van der Waals surface area contributed by atoms with Gasteiger partial charge in [0.1, 0.15) is 12.0 Å². The van der Waals surface area contributed by atoms with E-state index < -0.39 is 0 Å². The summed E-state index contributed by atoms with van der Waals surface area (Å²) in [4.78, 5) is 26.2. The normalized spacial score (nSPS) is 22.7. The molecule has 158 valence electrons. The quantitative estimate of drug-likeness (QED) is 0.664. The summed E-state index contributed by atoms with van der Waals surface area (Å²) in [5, 5.41) is 2.85. The highest BCUT2D eigenvalue weighted by molar-refractivity contribution is 6.03. The number of carbonyl (C=O) groups excluding carboxylic acids is 1. The molecular weight excluding hydrogens is 386 g/mol. The SMILES string of the molecule is CC(C)Oc1nc2nc(C3C4COCC43)cn2cc1NC(=O)c1coc(C(C)C)n1. The van der Waals surface area contributed by atoms with Crippen LogP contribution in [0, 0.1) is 11.8 Å². The van der Waals surface area contributed by atoms with Gasteiger partial charge < -0.3 is 19.2 Å². The molecule has 2 aliphatic rings. The lowest BCUT2D eigenvalue weighted by molar-refractivity contribution is 0.102. The Bertz CT molecular complexity index is 1090. The summed E-state index contributed by atoms with van der Waals surface area (Å²) in [5.74, 6) is 2.66. The van der Waals surface area contributed by atoms with E-state index in [2.05, 4.69) is 15.3 Å². The first-order chi connectivity index (χ1) is 14.4. The van der Waals surface area contributed by atoms with Crippen LogP contribution < -0.4 is 10.1 Å². The first-order valence-corrected chi connectivity index (χ1v) is 10.3. The Labute approximate surface area is 173 Å². The molecule has 5 rings (SSSR count). The van der Waals surface area contributed by atoms with Crippen molar-refractivity contribution in [3.8, 4) is 5.88 Å². The molecule has 4 heterocycles. The van der Waals surface area contributed by atoms with Crippen LogP contribution in [-0.2, 0) is 4.74 Å². The molecule has 0 aromatic carbocycles. The highest BCUT2D eigenvalue weighted by Gasteiger charge is 2.55. The predicted octanol–water partition coefficient (Wildman–Crippen LogP) is 3.24. The second-order valence-corrected chi connectivity index (χ2v) is 8.57. The minimum Gasteiger partial charge on any atom is -0.473 e. The predicted molar refractivity (Wildman–Crippen MR) is 108 cm³/mol. The Hall–Kier alpha value is -2.94. The summed E-state index contributed by atoms with van der Waals surface area (Å²) in [6.45, 7) is 9.33. The van der Waals surface area contributed by atoms with Gasteiger partial charge >= 0.3 is 0 Å². The number of hydrogen-bond donors (Lipinski definition) is 1. The Morgan fingerprint density at radius 1 is 1.17 bits per heavy atom. The van der Waals surface area contributed by atoms with Crippen LogP contribution in [0.15, 0.2) is 23.1 Å². The number of hydrogen-bond acceptors (Lipinski definition) is 7. The van der Waals surface area contributed by atoms with Gasteiger partial charge in [-0.15, -0.1) is 0 Å². The zero-order chi connectivity index (χ0) is 21.0. The zero-order valence-corrected chi connectivity index (χ0v) is 17.5. The van der Waals surface area contributed by atoms with E-state index in [-0.39, 0.29) is 23.6 Å². The number of fused-ring (bicyclic) bond motifs is 2. The molecular formula is C21H25N5O4. The maximum absolute atomic E-state index is 12.7. The number of ether oxygens (including phenoxy) is 2. The topological polar surface area (TPSA) is 104 Å². The molecule has 0 spiro atoms. The van der Waals surface area contributed by atoms with Gasteiger partial charge in [-0.25, -0.2) is 9.97 Å². The van der Waals surface area contributed by atoms with Gasteiger partial charge in [-0.05, 0) is 25.7 Å². The van der Waals surface area contributed by atoms with Gasteiger partial charge in [0.2, 0.25) is 11.7 Å². The van der Waals surface area contributed by atoms with Crippen molar-refractivity contribution < 1.29 is 18.7 Å². The van der Waals surface area contributed by atoms with Crippen molar-refractivity contribution in [1.29, 1.82) is 0 Å². The van der Waals surface area contributed by atoms with Crippen molar-refractivity contribution in [2.75, 3.05) is 18.5 Å². The number of carbonyl (C=O) groups is 1. The van der Waals surface area contributed by atoms with E-state index in [0.29, 0.717) is 41.0 Å². The number of rotatable bonds is 6. The molecule has 3 aromatic heterocycles. The van der Waals surface area contributed by atoms with Crippen molar-refractivity contribution in [3.63, 3.8) is 0 Å². The van der Waals surface area contributed by atoms with Gasteiger partial charge in [-0.1, -0.05) is 13.8 Å². The van der Waals surface area contributed by atoms with Gasteiger partial charge in [-0.3, -0.25) is 9.20 Å². The number of oxazole rings is 1.